The van der Waals surface area contributed by atoms with Crippen LogP contribution in [-0.2, 0) is 28.6 Å². The quantitative estimate of drug-likeness (QED) is 0.467. The predicted molar refractivity (Wildman–Crippen MR) is 121 cm³/mol. The number of aliphatic hydroxyl groups is 1. The molecule has 9 heteroatoms. The molecule has 0 amide bonds. The van der Waals surface area contributed by atoms with Gasteiger partial charge in [0.1, 0.15) is 0 Å². The van der Waals surface area contributed by atoms with Crippen molar-refractivity contribution in [1.82, 2.24) is 0 Å². The van der Waals surface area contributed by atoms with E-state index in [1.807, 2.05) is 13.8 Å². The summed E-state index contributed by atoms with van der Waals surface area (Å²) in [5.74, 6) is -1.64. The molecule has 0 saturated heterocycles. The van der Waals surface area contributed by atoms with Crippen LogP contribution in [0.3, 0.4) is 0 Å². The summed E-state index contributed by atoms with van der Waals surface area (Å²) >= 11 is 7.39. The number of allylic oxidation sites excluding steroid dienone is 4. The van der Waals surface area contributed by atoms with Gasteiger partial charge in [0.05, 0.1) is 18.1 Å². The molecule has 0 radical (unpaired) electrons. The van der Waals surface area contributed by atoms with Crippen molar-refractivity contribution in [2.45, 2.75) is 69.5 Å². The Kier molecular flexibility index (Phi) is 6.00. The zero-order valence-corrected chi connectivity index (χ0v) is 20.6. The van der Waals surface area contributed by atoms with E-state index < -0.39 is 51.9 Å². The van der Waals surface area contributed by atoms with Crippen LogP contribution in [0.2, 0.25) is 0 Å². The Morgan fingerprint density at radius 3 is 2.56 bits per heavy atom. The monoisotopic (exact) mass is 494 g/mol. The molecule has 34 heavy (non-hydrogen) atoms. The standard InChI is InChI=1S/C25H31ClO8/c1-14(27)33-13-20(30)24(34-21(31)32-4)10-8-17-18-6-5-15-11-16(28)7-9-22(15,2)25(18,26)19(29)12-23(17,24)3/h7,9,11,17-19,29H,5-6,8,10,12-13H2,1-4H3/t17-,18-,19?,22-,23-,24-,25-/m0/s1. The Bertz CT molecular complexity index is 1000. The summed E-state index contributed by atoms with van der Waals surface area (Å²) < 4.78 is 15.4. The number of Topliss-reactive ketones (excluding diaryl/α,β-unsaturated/α-hetero) is 1. The Morgan fingerprint density at radius 1 is 1.21 bits per heavy atom. The third kappa shape index (κ3) is 3.21. The first-order chi connectivity index (χ1) is 15.9. The largest absolute Gasteiger partial charge is 0.509 e. The summed E-state index contributed by atoms with van der Waals surface area (Å²) in [7, 11) is 1.16. The van der Waals surface area contributed by atoms with Gasteiger partial charge in [-0.3, -0.25) is 14.4 Å². The van der Waals surface area contributed by atoms with Gasteiger partial charge in [0.25, 0.3) is 0 Å². The van der Waals surface area contributed by atoms with Crippen molar-refractivity contribution in [2.24, 2.45) is 22.7 Å². The van der Waals surface area contributed by atoms with E-state index >= 15 is 0 Å². The van der Waals surface area contributed by atoms with Crippen molar-refractivity contribution in [3.8, 4) is 0 Å². The highest BCUT2D eigenvalue weighted by molar-refractivity contribution is 6.26. The third-order valence-electron chi connectivity index (χ3n) is 9.04. The molecular formula is C25H31ClO8. The summed E-state index contributed by atoms with van der Waals surface area (Å²) in [6, 6.07) is 0. The van der Waals surface area contributed by atoms with Crippen LogP contribution < -0.4 is 0 Å². The highest BCUT2D eigenvalue weighted by Gasteiger charge is 2.74. The van der Waals surface area contributed by atoms with Crippen LogP contribution in [-0.4, -0.2) is 59.1 Å². The number of fused-ring (bicyclic) bond motifs is 5. The van der Waals surface area contributed by atoms with E-state index in [9.17, 15) is 24.3 Å². The number of aliphatic hydroxyl groups excluding tert-OH is 1. The second kappa shape index (κ2) is 8.19. The molecule has 0 aliphatic heterocycles. The fourth-order valence-corrected chi connectivity index (χ4v) is 7.87. The number of carbonyl (C=O) groups excluding carboxylic acids is 4. The molecule has 0 aromatic carbocycles. The topological polar surface area (TPSA) is 116 Å². The van der Waals surface area contributed by atoms with Crippen LogP contribution in [0, 0.1) is 22.7 Å². The van der Waals surface area contributed by atoms with E-state index in [0.29, 0.717) is 19.3 Å². The van der Waals surface area contributed by atoms with E-state index in [1.54, 1.807) is 12.2 Å². The van der Waals surface area contributed by atoms with Crippen molar-refractivity contribution in [3.63, 3.8) is 0 Å². The van der Waals surface area contributed by atoms with Gasteiger partial charge < -0.3 is 19.3 Å². The molecule has 0 heterocycles. The van der Waals surface area contributed by atoms with Gasteiger partial charge in [0, 0.05) is 17.8 Å². The molecule has 4 aliphatic carbocycles. The molecule has 0 bridgehead atoms. The summed E-state index contributed by atoms with van der Waals surface area (Å²) in [4.78, 5) is 48.1. The molecular weight excluding hydrogens is 464 g/mol. The fourth-order valence-electron chi connectivity index (χ4n) is 7.35. The maximum Gasteiger partial charge on any atom is 0.509 e. The van der Waals surface area contributed by atoms with Crippen LogP contribution in [0.4, 0.5) is 4.79 Å². The Balaban J connectivity index is 1.78. The van der Waals surface area contributed by atoms with Crippen LogP contribution in [0.15, 0.2) is 23.8 Å². The number of ketones is 2. The maximum absolute atomic E-state index is 13.5. The van der Waals surface area contributed by atoms with Crippen LogP contribution in [0.5, 0.6) is 0 Å². The number of ether oxygens (including phenoxy) is 3. The number of carbonyl (C=O) groups is 4. The lowest BCUT2D eigenvalue weighted by molar-refractivity contribution is -0.181. The number of hydrogen-bond donors (Lipinski definition) is 1. The highest BCUT2D eigenvalue weighted by Crippen LogP contribution is 2.71. The molecule has 8 nitrogen and oxygen atoms in total. The van der Waals surface area contributed by atoms with E-state index in [0.717, 1.165) is 12.7 Å². The molecule has 0 aromatic rings. The smallest absolute Gasteiger partial charge is 0.458 e. The molecule has 3 fully saturated rings. The summed E-state index contributed by atoms with van der Waals surface area (Å²) in [6.07, 6.45) is 4.92. The van der Waals surface area contributed by atoms with Crippen molar-refractivity contribution in [2.75, 3.05) is 13.7 Å². The third-order valence-corrected chi connectivity index (χ3v) is 9.97. The summed E-state index contributed by atoms with van der Waals surface area (Å²) in [6.45, 7) is 4.44. The minimum absolute atomic E-state index is 0.0884. The van der Waals surface area contributed by atoms with Gasteiger partial charge in [-0.05, 0) is 56.1 Å². The van der Waals surface area contributed by atoms with Crippen molar-refractivity contribution in [1.29, 1.82) is 0 Å². The molecule has 186 valence electrons. The SMILES string of the molecule is COC(=O)O[C@]1(C(=O)COC(C)=O)CC[C@H]2[C@@H]3CCC4=CC(=O)C=C[C@]4(C)[C@@]3(Cl)C(O)C[C@@]21C. The summed E-state index contributed by atoms with van der Waals surface area (Å²) in [5.41, 5.74) is -2.43. The van der Waals surface area contributed by atoms with Crippen LogP contribution >= 0.6 is 11.6 Å². The lowest BCUT2D eigenvalue weighted by Gasteiger charge is -2.63. The van der Waals surface area contributed by atoms with E-state index in [-0.39, 0.29) is 30.5 Å². The number of hydrogen-bond acceptors (Lipinski definition) is 8. The Morgan fingerprint density at radius 2 is 1.91 bits per heavy atom. The first-order valence-corrected chi connectivity index (χ1v) is 12.0. The normalized spacial score (nSPS) is 42.6. The average Bonchev–Trinajstić information content (AvgIpc) is 3.06. The van der Waals surface area contributed by atoms with Crippen molar-refractivity contribution in [3.05, 3.63) is 23.8 Å². The second-order valence-electron chi connectivity index (χ2n) is 10.4. The summed E-state index contributed by atoms with van der Waals surface area (Å²) in [5, 5.41) is 11.6. The van der Waals surface area contributed by atoms with Gasteiger partial charge in [-0.2, -0.15) is 0 Å². The number of halogens is 1. The lowest BCUT2D eigenvalue weighted by atomic mass is 9.45. The van der Waals surface area contributed by atoms with E-state index in [2.05, 4.69) is 0 Å². The van der Waals surface area contributed by atoms with Crippen molar-refractivity contribution >= 4 is 35.3 Å². The maximum atomic E-state index is 13.5. The Hall–Kier alpha value is -2.19. The van der Waals surface area contributed by atoms with E-state index in [4.69, 9.17) is 25.8 Å². The first kappa shape index (κ1) is 24.9. The minimum atomic E-state index is -1.63. The minimum Gasteiger partial charge on any atom is -0.458 e. The molecule has 1 unspecified atom stereocenters. The lowest BCUT2D eigenvalue weighted by Crippen LogP contribution is -2.69. The van der Waals surface area contributed by atoms with E-state index in [1.165, 1.54) is 13.0 Å². The van der Waals surface area contributed by atoms with Gasteiger partial charge in [-0.1, -0.05) is 25.5 Å². The second-order valence-corrected chi connectivity index (χ2v) is 11.0. The highest BCUT2D eigenvalue weighted by atomic mass is 35.5. The van der Waals surface area contributed by atoms with Gasteiger partial charge >= 0.3 is 12.1 Å². The van der Waals surface area contributed by atoms with Gasteiger partial charge in [0.15, 0.2) is 18.0 Å². The van der Waals surface area contributed by atoms with Gasteiger partial charge in [0.2, 0.25) is 5.78 Å². The Labute approximate surface area is 203 Å². The first-order valence-electron chi connectivity index (χ1n) is 11.6. The number of methoxy groups -OCH3 is 1. The molecule has 0 spiro atoms. The number of rotatable bonds is 4. The van der Waals surface area contributed by atoms with Crippen molar-refractivity contribution < 1.29 is 38.5 Å². The number of esters is 1. The molecule has 7 atom stereocenters. The molecule has 4 rings (SSSR count). The molecule has 1 N–H and O–H groups in total. The van der Waals surface area contributed by atoms with Crippen LogP contribution in [0.1, 0.15) is 52.9 Å². The zero-order valence-electron chi connectivity index (χ0n) is 19.9. The van der Waals surface area contributed by atoms with Crippen LogP contribution in [0.25, 0.3) is 0 Å². The molecule has 3 saturated carbocycles. The molecule has 0 aromatic heterocycles. The fraction of sp³-hybridized carbons (Fsp3) is 0.680. The predicted octanol–water partition coefficient (Wildman–Crippen LogP) is 3.28. The average molecular weight is 495 g/mol. The van der Waals surface area contributed by atoms with Gasteiger partial charge in [-0.15, -0.1) is 11.6 Å². The number of alkyl halides is 1. The van der Waals surface area contributed by atoms with Gasteiger partial charge in [-0.25, -0.2) is 4.79 Å². The molecule has 4 aliphatic rings. The zero-order chi connectivity index (χ0) is 25.1.